The normalized spacial score (nSPS) is 45.6. The van der Waals surface area contributed by atoms with Gasteiger partial charge in [-0.1, -0.05) is 19.8 Å². The SMILES string of the molecule is CC1CCC(C2CCC(C3CC(F)C(OC(F)(F)C4CC(F)C(OC(F)(F)F)C(F)C4)C(F)C3)CC2)CC1. The standard InChI is InChI=1S/C27H39F9O2/c1-14-2-4-15(5-3-14)16-6-8-17(9-7-16)18-10-20(28)24(21(29)11-18)37-26(32,33)19-12-22(30)25(23(31)13-19)38-27(34,35)36/h14-25H,2-13H2,1H3. The molecule has 0 heterocycles. The van der Waals surface area contributed by atoms with Crippen LogP contribution in [0.25, 0.3) is 0 Å². The van der Waals surface area contributed by atoms with Gasteiger partial charge < -0.3 is 4.74 Å². The summed E-state index contributed by atoms with van der Waals surface area (Å²) in [6.07, 6.45) is -17.6. The van der Waals surface area contributed by atoms with E-state index in [9.17, 15) is 30.7 Å². The van der Waals surface area contributed by atoms with Crippen molar-refractivity contribution in [2.75, 3.05) is 0 Å². The third-order valence-corrected chi connectivity index (χ3v) is 9.75. The predicted molar refractivity (Wildman–Crippen MR) is 122 cm³/mol. The molecule has 0 aromatic rings. The Hall–Kier alpha value is -0.710. The zero-order valence-electron chi connectivity index (χ0n) is 21.6. The summed E-state index contributed by atoms with van der Waals surface area (Å²) in [5.41, 5.74) is 0. The van der Waals surface area contributed by atoms with Crippen molar-refractivity contribution >= 4 is 0 Å². The molecule has 0 saturated heterocycles. The fraction of sp³-hybridized carbons (Fsp3) is 1.00. The van der Waals surface area contributed by atoms with E-state index in [1.54, 1.807) is 0 Å². The van der Waals surface area contributed by atoms with Gasteiger partial charge in [0, 0.05) is 0 Å². The first kappa shape index (κ1) is 30.3. The van der Waals surface area contributed by atoms with Gasteiger partial charge in [0.25, 0.3) is 0 Å². The summed E-state index contributed by atoms with van der Waals surface area (Å²) in [5, 5.41) is 0. The van der Waals surface area contributed by atoms with Crippen molar-refractivity contribution in [2.45, 2.75) is 133 Å². The number of hydrogen-bond donors (Lipinski definition) is 0. The molecule has 0 spiro atoms. The van der Waals surface area contributed by atoms with Crippen molar-refractivity contribution in [1.29, 1.82) is 0 Å². The Morgan fingerprint density at radius 3 is 1.32 bits per heavy atom. The van der Waals surface area contributed by atoms with Gasteiger partial charge in [0.2, 0.25) is 0 Å². The Kier molecular flexibility index (Phi) is 9.58. The molecule has 0 aromatic carbocycles. The summed E-state index contributed by atoms with van der Waals surface area (Å²) < 4.78 is 133. The summed E-state index contributed by atoms with van der Waals surface area (Å²) in [6, 6.07) is 0. The average Bonchev–Trinajstić information content (AvgIpc) is 2.83. The molecule has 0 aliphatic heterocycles. The van der Waals surface area contributed by atoms with Crippen LogP contribution in [0.5, 0.6) is 0 Å². The molecule has 4 saturated carbocycles. The fourth-order valence-corrected chi connectivity index (χ4v) is 7.54. The molecule has 0 radical (unpaired) electrons. The Bertz CT molecular complexity index is 725. The zero-order valence-corrected chi connectivity index (χ0v) is 21.6. The number of rotatable bonds is 6. The van der Waals surface area contributed by atoms with E-state index in [1.807, 2.05) is 0 Å². The lowest BCUT2D eigenvalue weighted by Crippen LogP contribution is -2.53. The van der Waals surface area contributed by atoms with Crippen LogP contribution in [0.3, 0.4) is 0 Å². The van der Waals surface area contributed by atoms with Crippen LogP contribution >= 0.6 is 0 Å². The van der Waals surface area contributed by atoms with E-state index in [-0.39, 0.29) is 24.7 Å². The molecule has 4 atom stereocenters. The van der Waals surface area contributed by atoms with Crippen molar-refractivity contribution in [3.05, 3.63) is 0 Å². The minimum atomic E-state index is -5.33. The summed E-state index contributed by atoms with van der Waals surface area (Å²) in [7, 11) is 0. The predicted octanol–water partition coefficient (Wildman–Crippen LogP) is 8.67. The zero-order chi connectivity index (χ0) is 27.8. The van der Waals surface area contributed by atoms with E-state index in [2.05, 4.69) is 16.4 Å². The van der Waals surface area contributed by atoms with Crippen molar-refractivity contribution in [3.8, 4) is 0 Å². The summed E-state index contributed by atoms with van der Waals surface area (Å²) >= 11 is 0. The number of hydrogen-bond acceptors (Lipinski definition) is 2. The summed E-state index contributed by atoms with van der Waals surface area (Å²) in [6.45, 7) is 2.28. The van der Waals surface area contributed by atoms with E-state index in [0.29, 0.717) is 11.8 Å². The van der Waals surface area contributed by atoms with Crippen molar-refractivity contribution in [2.24, 2.45) is 35.5 Å². The van der Waals surface area contributed by atoms with Crippen molar-refractivity contribution in [3.63, 3.8) is 0 Å². The number of alkyl halides is 9. The molecule has 11 heteroatoms. The van der Waals surface area contributed by atoms with Gasteiger partial charge in [-0.3, -0.25) is 4.74 Å². The maximum atomic E-state index is 15.0. The minimum Gasteiger partial charge on any atom is -0.311 e. The second-order valence-corrected chi connectivity index (χ2v) is 12.3. The van der Waals surface area contributed by atoms with Crippen LogP contribution in [0.4, 0.5) is 39.5 Å². The van der Waals surface area contributed by atoms with E-state index >= 15 is 8.78 Å². The lowest BCUT2D eigenvalue weighted by molar-refractivity contribution is -0.366. The van der Waals surface area contributed by atoms with Crippen LogP contribution < -0.4 is 0 Å². The van der Waals surface area contributed by atoms with Crippen molar-refractivity contribution in [1.82, 2.24) is 0 Å². The molecular formula is C27H39F9O2. The Labute approximate surface area is 218 Å². The van der Waals surface area contributed by atoms with Crippen LogP contribution in [0.15, 0.2) is 0 Å². The Morgan fingerprint density at radius 2 is 0.868 bits per heavy atom. The smallest absolute Gasteiger partial charge is 0.311 e. The molecule has 4 fully saturated rings. The molecule has 4 rings (SSSR count). The third kappa shape index (κ3) is 7.32. The largest absolute Gasteiger partial charge is 0.522 e. The Balaban J connectivity index is 1.28. The lowest BCUT2D eigenvalue weighted by Gasteiger charge is -2.44. The van der Waals surface area contributed by atoms with E-state index < -0.39 is 68.1 Å². The molecule has 4 aliphatic rings. The summed E-state index contributed by atoms with van der Waals surface area (Å²) in [5.74, 6) is -0.225. The van der Waals surface area contributed by atoms with Gasteiger partial charge in [-0.15, -0.1) is 13.2 Å². The third-order valence-electron chi connectivity index (χ3n) is 9.75. The highest BCUT2D eigenvalue weighted by Crippen LogP contribution is 2.48. The highest BCUT2D eigenvalue weighted by molar-refractivity contribution is 4.95. The maximum absolute atomic E-state index is 15.0. The molecule has 4 aliphatic carbocycles. The Morgan fingerprint density at radius 1 is 0.500 bits per heavy atom. The second-order valence-electron chi connectivity index (χ2n) is 12.3. The highest BCUT2D eigenvalue weighted by Gasteiger charge is 2.55. The van der Waals surface area contributed by atoms with Crippen LogP contribution in [0, 0.1) is 35.5 Å². The lowest BCUT2D eigenvalue weighted by atomic mass is 9.65. The first-order chi connectivity index (χ1) is 17.7. The van der Waals surface area contributed by atoms with E-state index in [0.717, 1.165) is 31.6 Å². The van der Waals surface area contributed by atoms with Gasteiger partial charge in [0.15, 0.2) is 0 Å². The van der Waals surface area contributed by atoms with Crippen molar-refractivity contribution < 1.29 is 49.0 Å². The minimum absolute atomic E-state index is 0.121. The second kappa shape index (κ2) is 12.0. The van der Waals surface area contributed by atoms with Gasteiger partial charge >= 0.3 is 12.5 Å². The number of ether oxygens (including phenoxy) is 2. The highest BCUT2D eigenvalue weighted by atomic mass is 19.4. The molecule has 0 amide bonds. The summed E-state index contributed by atoms with van der Waals surface area (Å²) in [4.78, 5) is 0. The molecule has 0 N–H and O–H groups in total. The van der Waals surface area contributed by atoms with Crippen LogP contribution in [0.2, 0.25) is 0 Å². The topological polar surface area (TPSA) is 18.5 Å². The molecule has 38 heavy (non-hydrogen) atoms. The van der Waals surface area contributed by atoms with Gasteiger partial charge in [-0.05, 0) is 93.8 Å². The monoisotopic (exact) mass is 566 g/mol. The van der Waals surface area contributed by atoms with Gasteiger partial charge in [-0.2, -0.15) is 8.78 Å². The molecule has 222 valence electrons. The van der Waals surface area contributed by atoms with Gasteiger partial charge in [0.05, 0.1) is 5.92 Å². The molecule has 0 aromatic heterocycles. The fourth-order valence-electron chi connectivity index (χ4n) is 7.54. The first-order valence-electron chi connectivity index (χ1n) is 14.1. The molecule has 4 unspecified atom stereocenters. The van der Waals surface area contributed by atoms with Gasteiger partial charge in [0.1, 0.15) is 36.9 Å². The average molecular weight is 567 g/mol. The van der Waals surface area contributed by atoms with E-state index in [1.165, 1.54) is 25.7 Å². The quantitative estimate of drug-likeness (QED) is 0.300. The van der Waals surface area contributed by atoms with E-state index in [4.69, 9.17) is 0 Å². The molecule has 2 nitrogen and oxygen atoms in total. The molecular weight excluding hydrogens is 527 g/mol. The van der Waals surface area contributed by atoms with Crippen LogP contribution in [-0.2, 0) is 9.47 Å². The number of halogens is 9. The van der Waals surface area contributed by atoms with Gasteiger partial charge in [-0.25, -0.2) is 17.6 Å². The first-order valence-corrected chi connectivity index (χ1v) is 14.1. The molecule has 0 bridgehead atoms. The maximum Gasteiger partial charge on any atom is 0.522 e. The van der Waals surface area contributed by atoms with Crippen LogP contribution in [-0.4, -0.2) is 49.4 Å². The van der Waals surface area contributed by atoms with Crippen LogP contribution in [0.1, 0.15) is 84.0 Å².